The number of hydrogen-bond acceptors (Lipinski definition) is 7. The number of ether oxygens (including phenoxy) is 2. The van der Waals surface area contributed by atoms with E-state index < -0.39 is 24.5 Å². The second-order valence-electron chi connectivity index (χ2n) is 4.31. The first-order chi connectivity index (χ1) is 9.58. The van der Waals surface area contributed by atoms with Gasteiger partial charge in [0.2, 0.25) is 0 Å². The van der Waals surface area contributed by atoms with Crippen LogP contribution in [0.5, 0.6) is 0 Å². The largest absolute Gasteiger partial charge is 0.394 e. The van der Waals surface area contributed by atoms with Crippen LogP contribution in [0.15, 0.2) is 17.1 Å². The average Bonchev–Trinajstić information content (AvgIpc) is 2.73. The Labute approximate surface area is 119 Å². The maximum atomic E-state index is 11.2. The lowest BCUT2D eigenvalue weighted by Gasteiger charge is -2.22. The minimum absolute atomic E-state index is 0.0103. The number of aliphatic hydroxyl groups is 3. The van der Waals surface area contributed by atoms with Crippen LogP contribution in [0.25, 0.3) is 0 Å². The number of hydrogen-bond donors (Lipinski definition) is 4. The van der Waals surface area contributed by atoms with Crippen molar-refractivity contribution in [2.24, 2.45) is 0 Å². The summed E-state index contributed by atoms with van der Waals surface area (Å²) in [5.41, 5.74) is -0.351. The maximum absolute atomic E-state index is 11.2. The van der Waals surface area contributed by atoms with E-state index in [1.165, 1.54) is 16.8 Å². The van der Waals surface area contributed by atoms with Gasteiger partial charge in [0.05, 0.1) is 19.8 Å². The molecule has 9 heteroatoms. The van der Waals surface area contributed by atoms with E-state index in [-0.39, 0.29) is 30.2 Å². The van der Waals surface area contributed by atoms with Crippen LogP contribution in [0.1, 0.15) is 6.23 Å². The van der Waals surface area contributed by atoms with E-state index in [9.17, 15) is 15.0 Å². The molecule has 4 N–H and O–H groups in total. The Morgan fingerprint density at radius 1 is 1.50 bits per heavy atom. The van der Waals surface area contributed by atoms with Gasteiger partial charge in [0.25, 0.3) is 5.56 Å². The zero-order valence-electron chi connectivity index (χ0n) is 10.5. The Balaban J connectivity index is 2.31. The Bertz CT molecular complexity index is 558. The van der Waals surface area contributed by atoms with Crippen molar-refractivity contribution in [1.29, 1.82) is 0 Å². The fourth-order valence-corrected chi connectivity index (χ4v) is 2.35. The van der Waals surface area contributed by atoms with Crippen molar-refractivity contribution in [2.75, 3.05) is 19.8 Å². The number of aromatic nitrogens is 2. The highest BCUT2D eigenvalue weighted by atomic mass is 32.1. The van der Waals surface area contributed by atoms with E-state index in [2.05, 4.69) is 4.98 Å². The number of aliphatic hydroxyl groups excluding tert-OH is 3. The van der Waals surface area contributed by atoms with Crippen molar-refractivity contribution in [1.82, 2.24) is 9.55 Å². The molecule has 0 unspecified atom stereocenters. The average molecular weight is 304 g/mol. The molecule has 1 fully saturated rings. The molecule has 1 aromatic rings. The summed E-state index contributed by atoms with van der Waals surface area (Å²) in [5.74, 6) is 0. The molecule has 0 bridgehead atoms. The number of H-pyrrole nitrogens is 1. The monoisotopic (exact) mass is 304 g/mol. The van der Waals surface area contributed by atoms with Crippen LogP contribution in [0.2, 0.25) is 0 Å². The molecule has 1 aliphatic rings. The summed E-state index contributed by atoms with van der Waals surface area (Å²) in [7, 11) is 0. The highest BCUT2D eigenvalue weighted by Gasteiger charge is 2.45. The topological polar surface area (TPSA) is 117 Å². The standard InChI is InChI=1S/C11H16N2O6S/c14-3-4-18-9-8(17)6(5-15)19-10(9)13-2-1-7(16)12-11(13)20/h1-2,6,8-10,14-15,17H,3-5H2,(H,12,16,20)/t6-,8-,9-,10-/m1/s1. The molecule has 1 aromatic heterocycles. The van der Waals surface area contributed by atoms with Crippen molar-refractivity contribution in [3.8, 4) is 0 Å². The molecule has 112 valence electrons. The van der Waals surface area contributed by atoms with Crippen LogP contribution >= 0.6 is 12.2 Å². The Morgan fingerprint density at radius 3 is 2.85 bits per heavy atom. The summed E-state index contributed by atoms with van der Waals surface area (Å²) in [4.78, 5) is 13.6. The zero-order chi connectivity index (χ0) is 14.7. The van der Waals surface area contributed by atoms with Gasteiger partial charge in [-0.05, 0) is 12.2 Å². The summed E-state index contributed by atoms with van der Waals surface area (Å²) < 4.78 is 12.4. The number of nitrogens with zero attached hydrogens (tertiary/aromatic N) is 1. The van der Waals surface area contributed by atoms with E-state index in [1.807, 2.05) is 0 Å². The van der Waals surface area contributed by atoms with Crippen molar-refractivity contribution >= 4 is 12.2 Å². The molecule has 1 aliphatic heterocycles. The molecule has 0 saturated carbocycles. The van der Waals surface area contributed by atoms with Gasteiger partial charge in [0.15, 0.2) is 11.0 Å². The fraction of sp³-hybridized carbons (Fsp3) is 0.636. The summed E-state index contributed by atoms with van der Waals surface area (Å²) in [5, 5.41) is 28.0. The normalized spacial score (nSPS) is 29.8. The highest BCUT2D eigenvalue weighted by Crippen LogP contribution is 2.31. The van der Waals surface area contributed by atoms with Gasteiger partial charge in [-0.1, -0.05) is 0 Å². The van der Waals surface area contributed by atoms with E-state index in [0.717, 1.165) is 0 Å². The summed E-state index contributed by atoms with van der Waals surface area (Å²) in [6.45, 7) is -0.583. The van der Waals surface area contributed by atoms with Crippen LogP contribution < -0.4 is 5.56 Å². The molecule has 4 atom stereocenters. The van der Waals surface area contributed by atoms with Gasteiger partial charge in [-0.2, -0.15) is 0 Å². The molecule has 1 saturated heterocycles. The molecule has 0 aliphatic carbocycles. The third-order valence-electron chi connectivity index (χ3n) is 3.02. The van der Waals surface area contributed by atoms with Crippen molar-refractivity contribution in [2.45, 2.75) is 24.5 Å². The Kier molecular flexibility index (Phi) is 5.02. The molecule has 2 rings (SSSR count). The molecule has 2 heterocycles. The first-order valence-electron chi connectivity index (χ1n) is 6.06. The highest BCUT2D eigenvalue weighted by molar-refractivity contribution is 7.71. The van der Waals surface area contributed by atoms with Crippen LogP contribution in [0.3, 0.4) is 0 Å². The molecular formula is C11H16N2O6S. The molecular weight excluding hydrogens is 288 g/mol. The fourth-order valence-electron chi connectivity index (χ4n) is 2.09. The van der Waals surface area contributed by atoms with Crippen molar-refractivity contribution in [3.63, 3.8) is 0 Å². The number of rotatable bonds is 5. The van der Waals surface area contributed by atoms with Gasteiger partial charge in [-0.25, -0.2) is 0 Å². The maximum Gasteiger partial charge on any atom is 0.251 e. The SMILES string of the molecule is O=c1ccn([C@@H]2O[C@H](CO)[C@@H](O)[C@H]2OCCO)c(=S)[nH]1. The molecule has 8 nitrogen and oxygen atoms in total. The van der Waals surface area contributed by atoms with Gasteiger partial charge in [0, 0.05) is 12.3 Å². The predicted octanol–water partition coefficient (Wildman–Crippen LogP) is -1.47. The molecule has 0 aromatic carbocycles. The van der Waals surface area contributed by atoms with E-state index in [4.69, 9.17) is 26.8 Å². The molecule has 0 amide bonds. The molecule has 0 radical (unpaired) electrons. The summed E-state index contributed by atoms with van der Waals surface area (Å²) >= 11 is 5.03. The van der Waals surface area contributed by atoms with Crippen LogP contribution in [-0.2, 0) is 9.47 Å². The van der Waals surface area contributed by atoms with Gasteiger partial charge in [-0.3, -0.25) is 14.3 Å². The third-order valence-corrected chi connectivity index (χ3v) is 3.33. The first kappa shape index (κ1) is 15.3. The van der Waals surface area contributed by atoms with E-state index >= 15 is 0 Å². The van der Waals surface area contributed by atoms with E-state index in [0.29, 0.717) is 0 Å². The number of aromatic amines is 1. The lowest BCUT2D eigenvalue weighted by Crippen LogP contribution is -2.36. The van der Waals surface area contributed by atoms with Crippen molar-refractivity contribution in [3.05, 3.63) is 27.4 Å². The first-order valence-corrected chi connectivity index (χ1v) is 6.47. The Morgan fingerprint density at radius 2 is 2.25 bits per heavy atom. The number of nitrogens with one attached hydrogen (secondary N) is 1. The van der Waals surface area contributed by atoms with Gasteiger partial charge >= 0.3 is 0 Å². The Hall–Kier alpha value is -1.10. The van der Waals surface area contributed by atoms with Gasteiger partial charge < -0.3 is 24.8 Å². The third kappa shape index (κ3) is 2.97. The van der Waals surface area contributed by atoms with E-state index in [1.54, 1.807) is 0 Å². The zero-order valence-corrected chi connectivity index (χ0v) is 11.3. The minimum atomic E-state index is -1.06. The second-order valence-corrected chi connectivity index (χ2v) is 4.70. The van der Waals surface area contributed by atoms with Gasteiger partial charge in [-0.15, -0.1) is 0 Å². The lowest BCUT2D eigenvalue weighted by molar-refractivity contribution is -0.0789. The minimum Gasteiger partial charge on any atom is -0.394 e. The van der Waals surface area contributed by atoms with Crippen molar-refractivity contribution < 1.29 is 24.8 Å². The molecule has 0 spiro atoms. The van der Waals surface area contributed by atoms with Crippen LogP contribution in [0, 0.1) is 4.77 Å². The predicted molar refractivity (Wildman–Crippen MR) is 69.7 cm³/mol. The quantitative estimate of drug-likeness (QED) is 0.491. The smallest absolute Gasteiger partial charge is 0.251 e. The summed E-state index contributed by atoms with van der Waals surface area (Å²) in [6, 6.07) is 1.26. The second kappa shape index (κ2) is 6.57. The lowest BCUT2D eigenvalue weighted by atomic mass is 10.1. The van der Waals surface area contributed by atoms with Crippen LogP contribution in [0.4, 0.5) is 0 Å². The van der Waals surface area contributed by atoms with Gasteiger partial charge in [0.1, 0.15) is 18.3 Å². The molecule has 20 heavy (non-hydrogen) atoms. The van der Waals surface area contributed by atoms with Crippen LogP contribution in [-0.4, -0.2) is 63.0 Å². The summed E-state index contributed by atoms with van der Waals surface area (Å²) in [6.07, 6.45) is -2.06.